The van der Waals surface area contributed by atoms with Gasteiger partial charge in [-0.1, -0.05) is 18.2 Å². The predicted molar refractivity (Wildman–Crippen MR) is 72.9 cm³/mol. The molecule has 0 unspecified atom stereocenters. The Labute approximate surface area is 114 Å². The van der Waals surface area contributed by atoms with E-state index in [0.717, 1.165) is 6.08 Å². The lowest BCUT2D eigenvalue weighted by atomic mass is 10.1. The Bertz CT molecular complexity index is 668. The molecule has 0 bridgehead atoms. The number of hydrogen-bond donors (Lipinski definition) is 4. The maximum atomic E-state index is 11.9. The minimum Gasteiger partial charge on any atom is -0.507 e. The molecule has 0 spiro atoms. The van der Waals surface area contributed by atoms with Crippen LogP contribution in [0.1, 0.15) is 15.9 Å². The summed E-state index contributed by atoms with van der Waals surface area (Å²) in [6.07, 6.45) is 2.55. The highest BCUT2D eigenvalue weighted by Gasteiger charge is 2.13. The fourth-order valence-corrected chi connectivity index (χ4v) is 1.68. The molecule has 0 saturated carbocycles. The molecule has 5 heteroatoms. The summed E-state index contributed by atoms with van der Waals surface area (Å²) in [7, 11) is 0. The molecule has 4 N–H and O–H groups in total. The molecule has 0 atom stereocenters. The quantitative estimate of drug-likeness (QED) is 0.391. The fraction of sp³-hybridized carbons (Fsp3) is 0. The molecular formula is C15H12O5. The Morgan fingerprint density at radius 3 is 2.10 bits per heavy atom. The Morgan fingerprint density at radius 2 is 1.50 bits per heavy atom. The van der Waals surface area contributed by atoms with Crippen LogP contribution in [0.5, 0.6) is 23.0 Å². The van der Waals surface area contributed by atoms with Crippen molar-refractivity contribution in [3.8, 4) is 23.0 Å². The van der Waals surface area contributed by atoms with Crippen molar-refractivity contribution in [1.29, 1.82) is 0 Å². The largest absolute Gasteiger partial charge is 0.507 e. The summed E-state index contributed by atoms with van der Waals surface area (Å²) in [6.45, 7) is 0. The summed E-state index contributed by atoms with van der Waals surface area (Å²) in [4.78, 5) is 11.9. The molecule has 0 heterocycles. The van der Waals surface area contributed by atoms with Crippen LogP contribution in [0.4, 0.5) is 0 Å². The van der Waals surface area contributed by atoms with E-state index in [9.17, 15) is 20.1 Å². The van der Waals surface area contributed by atoms with Crippen molar-refractivity contribution in [2.75, 3.05) is 0 Å². The molecule has 0 fully saturated rings. The van der Waals surface area contributed by atoms with Crippen LogP contribution in [0.25, 0.3) is 6.08 Å². The average molecular weight is 272 g/mol. The number of benzene rings is 2. The number of allylic oxidation sites excluding steroid dienone is 1. The summed E-state index contributed by atoms with van der Waals surface area (Å²) in [5.74, 6) is -1.76. The van der Waals surface area contributed by atoms with Gasteiger partial charge >= 0.3 is 0 Å². The van der Waals surface area contributed by atoms with Crippen LogP contribution < -0.4 is 0 Å². The molecule has 20 heavy (non-hydrogen) atoms. The van der Waals surface area contributed by atoms with E-state index in [1.54, 1.807) is 0 Å². The van der Waals surface area contributed by atoms with Gasteiger partial charge in [0.1, 0.15) is 17.1 Å². The fourth-order valence-electron chi connectivity index (χ4n) is 1.68. The van der Waals surface area contributed by atoms with Gasteiger partial charge in [-0.3, -0.25) is 4.79 Å². The van der Waals surface area contributed by atoms with Crippen molar-refractivity contribution in [2.45, 2.75) is 0 Å². The van der Waals surface area contributed by atoms with E-state index in [-0.39, 0.29) is 28.6 Å². The van der Waals surface area contributed by atoms with Crippen molar-refractivity contribution < 1.29 is 25.2 Å². The van der Waals surface area contributed by atoms with Crippen LogP contribution in [0.15, 0.2) is 42.5 Å². The Hall–Kier alpha value is -2.95. The monoisotopic (exact) mass is 272 g/mol. The van der Waals surface area contributed by atoms with E-state index in [4.69, 9.17) is 5.11 Å². The van der Waals surface area contributed by atoms with Gasteiger partial charge in [0.2, 0.25) is 0 Å². The highest BCUT2D eigenvalue weighted by Crippen LogP contribution is 2.28. The number of ketones is 1. The molecule has 2 aromatic rings. The second kappa shape index (κ2) is 5.36. The zero-order chi connectivity index (χ0) is 14.7. The highest BCUT2D eigenvalue weighted by molar-refractivity contribution is 6.10. The van der Waals surface area contributed by atoms with Crippen molar-refractivity contribution in [1.82, 2.24) is 0 Å². The second-order valence-corrected chi connectivity index (χ2v) is 4.12. The van der Waals surface area contributed by atoms with Gasteiger partial charge in [-0.25, -0.2) is 0 Å². The van der Waals surface area contributed by atoms with Crippen molar-refractivity contribution in [3.05, 3.63) is 53.6 Å². The maximum absolute atomic E-state index is 11.9. The van der Waals surface area contributed by atoms with E-state index in [1.807, 2.05) is 0 Å². The van der Waals surface area contributed by atoms with Crippen molar-refractivity contribution in [2.24, 2.45) is 0 Å². The first-order valence-electron chi connectivity index (χ1n) is 5.74. The zero-order valence-corrected chi connectivity index (χ0v) is 10.3. The molecule has 0 aromatic heterocycles. The van der Waals surface area contributed by atoms with E-state index >= 15 is 0 Å². The molecule has 5 nitrogen and oxygen atoms in total. The number of hydrogen-bond acceptors (Lipinski definition) is 5. The first-order chi connectivity index (χ1) is 9.49. The third-order valence-electron chi connectivity index (χ3n) is 2.69. The third-order valence-corrected chi connectivity index (χ3v) is 2.69. The van der Waals surface area contributed by atoms with Crippen LogP contribution >= 0.6 is 0 Å². The van der Waals surface area contributed by atoms with Gasteiger partial charge < -0.3 is 20.4 Å². The molecular weight excluding hydrogens is 260 g/mol. The first kappa shape index (κ1) is 13.5. The summed E-state index contributed by atoms with van der Waals surface area (Å²) >= 11 is 0. The lowest BCUT2D eigenvalue weighted by molar-refractivity contribution is 0.104. The molecule has 0 saturated heterocycles. The van der Waals surface area contributed by atoms with Gasteiger partial charge in [-0.05, 0) is 35.9 Å². The van der Waals surface area contributed by atoms with Gasteiger partial charge in [0, 0.05) is 0 Å². The average Bonchev–Trinajstić information content (AvgIpc) is 2.40. The number of carbonyl (C=O) groups excluding carboxylic acids is 1. The molecule has 0 aliphatic heterocycles. The predicted octanol–water partition coefficient (Wildman–Crippen LogP) is 2.41. The van der Waals surface area contributed by atoms with E-state index in [0.29, 0.717) is 5.56 Å². The second-order valence-electron chi connectivity index (χ2n) is 4.12. The minimum absolute atomic E-state index is 0.188. The standard InChI is InChI=1S/C15H12O5/c16-10-6-4-9(8-14(10)20)5-7-13(19)15-11(17)2-1-3-12(15)18/h1-8,16-18,20H/b7-5+. The number of aromatic hydroxyl groups is 4. The Kier molecular flexibility index (Phi) is 3.61. The summed E-state index contributed by atoms with van der Waals surface area (Å²) < 4.78 is 0. The molecule has 0 radical (unpaired) electrons. The van der Waals surface area contributed by atoms with Crippen molar-refractivity contribution >= 4 is 11.9 Å². The van der Waals surface area contributed by atoms with Crippen LogP contribution in [-0.4, -0.2) is 26.2 Å². The summed E-state index contributed by atoms with van der Waals surface area (Å²) in [6, 6.07) is 8.09. The smallest absolute Gasteiger partial charge is 0.193 e. The van der Waals surface area contributed by atoms with E-state index < -0.39 is 5.78 Å². The molecule has 102 valence electrons. The number of rotatable bonds is 3. The lowest BCUT2D eigenvalue weighted by Crippen LogP contribution is -1.95. The van der Waals surface area contributed by atoms with Gasteiger partial charge in [0.25, 0.3) is 0 Å². The van der Waals surface area contributed by atoms with E-state index in [2.05, 4.69) is 0 Å². The minimum atomic E-state index is -0.576. The maximum Gasteiger partial charge on any atom is 0.193 e. The first-order valence-corrected chi connectivity index (χ1v) is 5.74. The van der Waals surface area contributed by atoms with Crippen LogP contribution in [0, 0.1) is 0 Å². The molecule has 0 amide bonds. The third kappa shape index (κ3) is 2.72. The SMILES string of the molecule is O=C(/C=C/c1ccc(O)c(O)c1)c1c(O)cccc1O. The Balaban J connectivity index is 2.27. The molecule has 0 aliphatic carbocycles. The highest BCUT2D eigenvalue weighted by atomic mass is 16.3. The normalized spacial score (nSPS) is 10.8. The zero-order valence-electron chi connectivity index (χ0n) is 10.3. The lowest BCUT2D eigenvalue weighted by Gasteiger charge is -2.03. The molecule has 0 aliphatic rings. The van der Waals surface area contributed by atoms with Crippen LogP contribution in [0.3, 0.4) is 0 Å². The number of phenols is 4. The van der Waals surface area contributed by atoms with Gasteiger partial charge in [-0.2, -0.15) is 0 Å². The molecule has 2 rings (SSSR count). The van der Waals surface area contributed by atoms with Gasteiger partial charge in [0.05, 0.1) is 0 Å². The topological polar surface area (TPSA) is 98.0 Å². The number of carbonyl (C=O) groups is 1. The number of phenolic OH excluding ortho intramolecular Hbond substituents is 4. The molecule has 2 aromatic carbocycles. The van der Waals surface area contributed by atoms with Crippen LogP contribution in [0.2, 0.25) is 0 Å². The van der Waals surface area contributed by atoms with Crippen LogP contribution in [-0.2, 0) is 0 Å². The summed E-state index contributed by atoms with van der Waals surface area (Å²) in [5.41, 5.74) is 0.301. The van der Waals surface area contributed by atoms with Gasteiger partial charge in [-0.15, -0.1) is 0 Å². The van der Waals surface area contributed by atoms with Crippen molar-refractivity contribution in [3.63, 3.8) is 0 Å². The summed E-state index contributed by atoms with van der Waals surface area (Å²) in [5, 5.41) is 37.6. The van der Waals surface area contributed by atoms with E-state index in [1.165, 1.54) is 42.5 Å². The Morgan fingerprint density at radius 1 is 0.850 bits per heavy atom. The van der Waals surface area contributed by atoms with Gasteiger partial charge in [0.15, 0.2) is 17.3 Å².